The summed E-state index contributed by atoms with van der Waals surface area (Å²) in [6, 6.07) is 9.52. The standard InChI is InChI=1S/C18H24N2O4/c1-13-10-18(24-19-13)17-4-3-9-20(17)11-14(21)12-23-16-7-5-15(22-2)6-8-16/h5-8,10,14,17,21H,3-4,9,11-12H2,1-2H3/t14-,17+/m0/s1. The van der Waals surface area contributed by atoms with E-state index >= 15 is 0 Å². The van der Waals surface area contributed by atoms with Gasteiger partial charge in [0, 0.05) is 12.6 Å². The fraction of sp³-hybridized carbons (Fsp3) is 0.500. The first-order valence-electron chi connectivity index (χ1n) is 8.28. The Morgan fingerprint density at radius 3 is 2.75 bits per heavy atom. The van der Waals surface area contributed by atoms with Crippen molar-refractivity contribution in [1.29, 1.82) is 0 Å². The third-order valence-corrected chi connectivity index (χ3v) is 4.29. The fourth-order valence-electron chi connectivity index (χ4n) is 3.09. The molecular weight excluding hydrogens is 308 g/mol. The van der Waals surface area contributed by atoms with Crippen molar-refractivity contribution in [3.8, 4) is 11.5 Å². The molecule has 1 N–H and O–H groups in total. The fourth-order valence-corrected chi connectivity index (χ4v) is 3.09. The van der Waals surface area contributed by atoms with Gasteiger partial charge in [0.1, 0.15) is 24.2 Å². The molecule has 24 heavy (non-hydrogen) atoms. The molecule has 6 nitrogen and oxygen atoms in total. The molecular formula is C18H24N2O4. The van der Waals surface area contributed by atoms with E-state index in [2.05, 4.69) is 10.1 Å². The molecule has 1 fully saturated rings. The average Bonchev–Trinajstić information content (AvgIpc) is 3.22. The molecule has 0 radical (unpaired) electrons. The number of β-amino-alcohol motifs (C(OH)–C–C–N with tert-alkyl or cyclic N) is 1. The molecule has 2 atom stereocenters. The topological polar surface area (TPSA) is 68.0 Å². The van der Waals surface area contributed by atoms with Crippen LogP contribution in [0.15, 0.2) is 34.9 Å². The quantitative estimate of drug-likeness (QED) is 0.840. The highest BCUT2D eigenvalue weighted by Gasteiger charge is 2.30. The van der Waals surface area contributed by atoms with E-state index < -0.39 is 6.10 Å². The van der Waals surface area contributed by atoms with Gasteiger partial charge in [0.2, 0.25) is 0 Å². The molecule has 0 aliphatic carbocycles. The second kappa shape index (κ2) is 7.68. The van der Waals surface area contributed by atoms with Crippen LogP contribution in [0.1, 0.15) is 30.3 Å². The molecule has 0 bridgehead atoms. The minimum atomic E-state index is -0.559. The lowest BCUT2D eigenvalue weighted by molar-refractivity contribution is 0.0598. The number of benzene rings is 1. The third-order valence-electron chi connectivity index (χ3n) is 4.29. The Morgan fingerprint density at radius 1 is 1.33 bits per heavy atom. The minimum absolute atomic E-state index is 0.196. The van der Waals surface area contributed by atoms with Gasteiger partial charge in [-0.1, -0.05) is 5.16 Å². The van der Waals surface area contributed by atoms with E-state index in [1.54, 1.807) is 7.11 Å². The molecule has 6 heteroatoms. The summed E-state index contributed by atoms with van der Waals surface area (Å²) in [6.45, 7) is 3.68. The second-order valence-electron chi connectivity index (χ2n) is 6.16. The smallest absolute Gasteiger partial charge is 0.154 e. The highest BCUT2D eigenvalue weighted by molar-refractivity contribution is 5.31. The first kappa shape index (κ1) is 16.8. The molecule has 0 amide bonds. The Hall–Kier alpha value is -2.05. The summed E-state index contributed by atoms with van der Waals surface area (Å²) in [4.78, 5) is 2.24. The van der Waals surface area contributed by atoms with Crippen molar-refractivity contribution in [3.05, 3.63) is 41.8 Å². The van der Waals surface area contributed by atoms with Crippen molar-refractivity contribution in [2.24, 2.45) is 0 Å². The zero-order valence-electron chi connectivity index (χ0n) is 14.1. The number of hydrogen-bond acceptors (Lipinski definition) is 6. The SMILES string of the molecule is COc1ccc(OC[C@@H](O)CN2CCC[C@@H]2c2cc(C)no2)cc1. The van der Waals surface area contributed by atoms with Crippen LogP contribution in [-0.2, 0) is 0 Å². The lowest BCUT2D eigenvalue weighted by Crippen LogP contribution is -2.35. The van der Waals surface area contributed by atoms with Gasteiger partial charge in [-0.15, -0.1) is 0 Å². The lowest BCUT2D eigenvalue weighted by atomic mass is 10.1. The highest BCUT2D eigenvalue weighted by Crippen LogP contribution is 2.32. The number of hydrogen-bond donors (Lipinski definition) is 1. The summed E-state index contributed by atoms with van der Waals surface area (Å²) in [5, 5.41) is 14.3. The van der Waals surface area contributed by atoms with E-state index in [1.807, 2.05) is 37.3 Å². The van der Waals surface area contributed by atoms with E-state index in [-0.39, 0.29) is 12.6 Å². The summed E-state index contributed by atoms with van der Waals surface area (Å²) in [5.41, 5.74) is 0.889. The number of ether oxygens (including phenoxy) is 2. The lowest BCUT2D eigenvalue weighted by Gasteiger charge is -2.25. The van der Waals surface area contributed by atoms with Gasteiger partial charge in [0.15, 0.2) is 5.76 Å². The molecule has 0 unspecified atom stereocenters. The number of rotatable bonds is 7. The van der Waals surface area contributed by atoms with Crippen LogP contribution in [0.5, 0.6) is 11.5 Å². The van der Waals surface area contributed by atoms with Crippen LogP contribution in [-0.4, -0.2) is 48.1 Å². The van der Waals surface area contributed by atoms with E-state index in [1.165, 1.54) is 0 Å². The maximum Gasteiger partial charge on any atom is 0.154 e. The Balaban J connectivity index is 1.51. The normalized spacial score (nSPS) is 19.4. The first-order chi connectivity index (χ1) is 11.7. The number of aryl methyl sites for hydroxylation is 1. The summed E-state index contributed by atoms with van der Waals surface area (Å²) in [5.74, 6) is 2.39. The van der Waals surface area contributed by atoms with Crippen molar-refractivity contribution < 1.29 is 19.1 Å². The van der Waals surface area contributed by atoms with E-state index in [4.69, 9.17) is 14.0 Å². The molecule has 0 saturated carbocycles. The zero-order valence-corrected chi connectivity index (χ0v) is 14.1. The van der Waals surface area contributed by atoms with Crippen LogP contribution >= 0.6 is 0 Å². The van der Waals surface area contributed by atoms with Crippen molar-refractivity contribution >= 4 is 0 Å². The Labute approximate surface area is 142 Å². The molecule has 2 aromatic rings. The van der Waals surface area contributed by atoms with E-state index in [0.717, 1.165) is 42.3 Å². The molecule has 1 aromatic carbocycles. The number of aliphatic hydroxyl groups is 1. The maximum absolute atomic E-state index is 10.3. The zero-order chi connectivity index (χ0) is 16.9. The molecule has 1 aromatic heterocycles. The van der Waals surface area contributed by atoms with Gasteiger partial charge in [-0.3, -0.25) is 4.90 Å². The summed E-state index contributed by atoms with van der Waals surface area (Å²) >= 11 is 0. The molecule has 3 rings (SSSR count). The molecule has 1 saturated heterocycles. The largest absolute Gasteiger partial charge is 0.497 e. The summed E-state index contributed by atoms with van der Waals surface area (Å²) < 4.78 is 16.2. The predicted octanol–water partition coefficient (Wildman–Crippen LogP) is 2.57. The van der Waals surface area contributed by atoms with Crippen LogP contribution in [0.3, 0.4) is 0 Å². The molecule has 0 spiro atoms. The van der Waals surface area contributed by atoms with Gasteiger partial charge in [-0.2, -0.15) is 0 Å². The highest BCUT2D eigenvalue weighted by atomic mass is 16.5. The van der Waals surface area contributed by atoms with E-state index in [9.17, 15) is 5.11 Å². The Kier molecular flexibility index (Phi) is 5.37. The van der Waals surface area contributed by atoms with Crippen molar-refractivity contribution in [2.45, 2.75) is 31.9 Å². The van der Waals surface area contributed by atoms with Gasteiger partial charge in [0.05, 0.1) is 18.8 Å². The van der Waals surface area contributed by atoms with Crippen LogP contribution in [0, 0.1) is 6.92 Å². The van der Waals surface area contributed by atoms with Gasteiger partial charge < -0.3 is 19.1 Å². The third kappa shape index (κ3) is 4.07. The summed E-state index contributed by atoms with van der Waals surface area (Å²) in [6.07, 6.45) is 1.56. The van der Waals surface area contributed by atoms with Gasteiger partial charge >= 0.3 is 0 Å². The molecule has 1 aliphatic heterocycles. The average molecular weight is 332 g/mol. The molecule has 1 aliphatic rings. The maximum atomic E-state index is 10.3. The van der Waals surface area contributed by atoms with Crippen molar-refractivity contribution in [3.63, 3.8) is 0 Å². The Morgan fingerprint density at radius 2 is 2.08 bits per heavy atom. The van der Waals surface area contributed by atoms with Crippen LogP contribution < -0.4 is 9.47 Å². The molecule has 130 valence electrons. The van der Waals surface area contributed by atoms with Gasteiger partial charge in [-0.05, 0) is 50.6 Å². The van der Waals surface area contributed by atoms with Crippen molar-refractivity contribution in [1.82, 2.24) is 10.1 Å². The van der Waals surface area contributed by atoms with Gasteiger partial charge in [-0.25, -0.2) is 0 Å². The monoisotopic (exact) mass is 332 g/mol. The van der Waals surface area contributed by atoms with Crippen LogP contribution in [0.25, 0.3) is 0 Å². The predicted molar refractivity (Wildman–Crippen MR) is 89.3 cm³/mol. The Bertz CT molecular complexity index is 641. The number of nitrogens with zero attached hydrogens (tertiary/aromatic N) is 2. The number of aliphatic hydroxyl groups excluding tert-OH is 1. The second-order valence-corrected chi connectivity index (χ2v) is 6.16. The number of methoxy groups -OCH3 is 1. The van der Waals surface area contributed by atoms with Crippen LogP contribution in [0.4, 0.5) is 0 Å². The number of aromatic nitrogens is 1. The van der Waals surface area contributed by atoms with Gasteiger partial charge in [0.25, 0.3) is 0 Å². The number of likely N-dealkylation sites (tertiary alicyclic amines) is 1. The first-order valence-corrected chi connectivity index (χ1v) is 8.28. The summed E-state index contributed by atoms with van der Waals surface area (Å²) in [7, 11) is 1.63. The van der Waals surface area contributed by atoms with Crippen molar-refractivity contribution in [2.75, 3.05) is 26.8 Å². The van der Waals surface area contributed by atoms with Crippen LogP contribution in [0.2, 0.25) is 0 Å². The minimum Gasteiger partial charge on any atom is -0.497 e. The van der Waals surface area contributed by atoms with E-state index in [0.29, 0.717) is 6.54 Å². The molecule has 2 heterocycles.